The molecule has 0 saturated heterocycles. The highest BCUT2D eigenvalue weighted by molar-refractivity contribution is 7.26. The molecule has 0 saturated carbocycles. The Morgan fingerprint density at radius 1 is 0.867 bits per heavy atom. The van der Waals surface area contributed by atoms with Crippen LogP contribution in [0.3, 0.4) is 0 Å². The molecule has 1 aromatic heterocycles. The van der Waals surface area contributed by atoms with E-state index in [1.54, 1.807) is 0 Å². The number of hydrogen-bond acceptors (Lipinski definition) is 1. The smallest absolute Gasteiger partial charge is 0.0397 e. The lowest BCUT2D eigenvalue weighted by atomic mass is 9.87. The van der Waals surface area contributed by atoms with Gasteiger partial charge in [-0.1, -0.05) is 73.7 Å². The van der Waals surface area contributed by atoms with Gasteiger partial charge in [-0.3, -0.25) is 0 Å². The van der Waals surface area contributed by atoms with E-state index in [0.717, 1.165) is 6.42 Å². The first kappa shape index (κ1) is 19.1. The van der Waals surface area contributed by atoms with Gasteiger partial charge in [-0.2, -0.15) is 0 Å². The third-order valence-electron chi connectivity index (χ3n) is 6.30. The van der Waals surface area contributed by atoms with Crippen LogP contribution in [-0.2, 0) is 0 Å². The van der Waals surface area contributed by atoms with E-state index in [2.05, 4.69) is 101 Å². The highest BCUT2D eigenvalue weighted by atomic mass is 32.1. The first-order chi connectivity index (χ1) is 14.7. The highest BCUT2D eigenvalue weighted by Gasteiger charge is 2.19. The zero-order valence-electron chi connectivity index (χ0n) is 18.0. The molecule has 0 amide bonds. The van der Waals surface area contributed by atoms with Gasteiger partial charge in [0, 0.05) is 20.2 Å². The van der Waals surface area contributed by atoms with Gasteiger partial charge in [-0.15, -0.1) is 11.3 Å². The molecule has 0 bridgehead atoms. The lowest BCUT2D eigenvalue weighted by molar-refractivity contribution is 1.22. The summed E-state index contributed by atoms with van der Waals surface area (Å²) in [5.74, 6) is 0. The molecule has 4 aromatic carbocycles. The number of benzene rings is 4. The third-order valence-corrected chi connectivity index (χ3v) is 7.57. The average Bonchev–Trinajstić information content (AvgIpc) is 3.19. The Morgan fingerprint density at radius 3 is 2.30 bits per heavy atom. The van der Waals surface area contributed by atoms with E-state index in [-0.39, 0.29) is 0 Å². The molecule has 5 rings (SSSR count). The summed E-state index contributed by atoms with van der Waals surface area (Å²) in [5, 5.41) is 8.21. The second-order valence-corrected chi connectivity index (χ2v) is 9.06. The summed E-state index contributed by atoms with van der Waals surface area (Å²) in [6.45, 7) is 8.91. The van der Waals surface area contributed by atoms with Crippen LogP contribution in [0.25, 0.3) is 47.3 Å². The van der Waals surface area contributed by atoms with Gasteiger partial charge in [0.25, 0.3) is 0 Å². The van der Waals surface area contributed by atoms with Crippen LogP contribution in [0.5, 0.6) is 0 Å². The van der Waals surface area contributed by atoms with Gasteiger partial charge in [-0.25, -0.2) is 0 Å². The van der Waals surface area contributed by atoms with E-state index >= 15 is 0 Å². The van der Waals surface area contributed by atoms with Gasteiger partial charge in [0.05, 0.1) is 0 Å². The van der Waals surface area contributed by atoms with E-state index in [9.17, 15) is 0 Å². The van der Waals surface area contributed by atoms with Gasteiger partial charge < -0.3 is 0 Å². The Morgan fingerprint density at radius 2 is 1.57 bits per heavy atom. The number of allylic oxidation sites excluding steroid dienone is 4. The van der Waals surface area contributed by atoms with Gasteiger partial charge in [0.2, 0.25) is 0 Å². The molecule has 0 fully saturated rings. The van der Waals surface area contributed by atoms with E-state index < -0.39 is 0 Å². The van der Waals surface area contributed by atoms with Crippen molar-refractivity contribution in [2.45, 2.75) is 34.1 Å². The van der Waals surface area contributed by atoms with Crippen molar-refractivity contribution in [2.24, 2.45) is 0 Å². The fraction of sp³-hybridized carbons (Fsp3) is 0.172. The molecule has 0 atom stereocenters. The Labute approximate surface area is 182 Å². The summed E-state index contributed by atoms with van der Waals surface area (Å²) in [6.07, 6.45) is 5.65. The second kappa shape index (κ2) is 7.41. The average molecular weight is 407 g/mol. The zero-order valence-corrected chi connectivity index (χ0v) is 18.9. The van der Waals surface area contributed by atoms with Crippen LogP contribution in [0.15, 0.2) is 78.4 Å². The molecule has 5 aromatic rings. The van der Waals surface area contributed by atoms with E-state index in [4.69, 9.17) is 0 Å². The van der Waals surface area contributed by atoms with E-state index in [1.807, 2.05) is 11.3 Å². The number of hydrogen-bond donors (Lipinski definition) is 0. The third kappa shape index (κ3) is 2.73. The van der Waals surface area contributed by atoms with Crippen LogP contribution in [-0.4, -0.2) is 0 Å². The van der Waals surface area contributed by atoms with E-state index in [1.165, 1.54) is 64.0 Å². The molecule has 1 heterocycles. The van der Waals surface area contributed by atoms with Gasteiger partial charge in [0.1, 0.15) is 0 Å². The molecule has 0 spiro atoms. The van der Waals surface area contributed by atoms with Crippen molar-refractivity contribution in [3.05, 3.63) is 89.5 Å². The zero-order chi connectivity index (χ0) is 20.8. The van der Waals surface area contributed by atoms with Crippen LogP contribution in [0.2, 0.25) is 0 Å². The molecular formula is C29H26S. The van der Waals surface area contributed by atoms with Crippen LogP contribution in [0.4, 0.5) is 0 Å². The molecule has 30 heavy (non-hydrogen) atoms. The minimum absolute atomic E-state index is 1.03. The maximum Gasteiger partial charge on any atom is 0.0397 e. The lowest BCUT2D eigenvalue weighted by Gasteiger charge is -2.17. The van der Waals surface area contributed by atoms with Crippen molar-refractivity contribution < 1.29 is 0 Å². The minimum Gasteiger partial charge on any atom is -0.135 e. The van der Waals surface area contributed by atoms with Crippen molar-refractivity contribution in [2.75, 3.05) is 0 Å². The fourth-order valence-electron chi connectivity index (χ4n) is 4.79. The molecule has 1 heteroatoms. The second-order valence-electron chi connectivity index (χ2n) is 8.01. The lowest BCUT2D eigenvalue weighted by Crippen LogP contribution is -1.94. The Bertz CT molecular complexity index is 1490. The highest BCUT2D eigenvalue weighted by Crippen LogP contribution is 2.47. The fourth-order valence-corrected chi connectivity index (χ4v) is 6.03. The van der Waals surface area contributed by atoms with Crippen molar-refractivity contribution in [3.8, 4) is 0 Å². The van der Waals surface area contributed by atoms with Crippen LogP contribution in [0.1, 0.15) is 38.3 Å². The number of aryl methyl sites for hydroxylation is 1. The molecule has 0 aliphatic rings. The minimum atomic E-state index is 1.03. The summed E-state index contributed by atoms with van der Waals surface area (Å²) >= 11 is 1.94. The molecule has 0 N–H and O–H groups in total. The maximum atomic E-state index is 2.39. The first-order valence-corrected chi connectivity index (χ1v) is 11.6. The molecule has 0 aliphatic carbocycles. The Balaban J connectivity index is 2.05. The SMILES string of the molecule is C/C=C(C)\C(=C/CC)c1c(C)c2sc3ccc4ccccc4c3c2c2ccccc12. The van der Waals surface area contributed by atoms with Crippen LogP contribution >= 0.6 is 11.3 Å². The molecule has 0 nitrogen and oxygen atoms in total. The quantitative estimate of drug-likeness (QED) is 0.262. The van der Waals surface area contributed by atoms with Gasteiger partial charge >= 0.3 is 0 Å². The van der Waals surface area contributed by atoms with Crippen molar-refractivity contribution in [1.82, 2.24) is 0 Å². The van der Waals surface area contributed by atoms with Crippen LogP contribution in [0, 0.1) is 6.92 Å². The van der Waals surface area contributed by atoms with Crippen molar-refractivity contribution in [3.63, 3.8) is 0 Å². The first-order valence-electron chi connectivity index (χ1n) is 10.7. The largest absolute Gasteiger partial charge is 0.135 e. The Kier molecular flexibility index (Phi) is 4.72. The molecule has 0 aliphatic heterocycles. The standard InChI is InChI=1S/C29H26S/c1-5-11-21(18(3)6-2)26-19(4)29-28(24-15-10-9-14-23(24)26)27-22-13-8-7-12-20(22)16-17-25(27)30-29/h6-17H,5H2,1-4H3/b18-6-,21-11+. The number of rotatable bonds is 3. The van der Waals surface area contributed by atoms with Crippen molar-refractivity contribution >= 4 is 58.6 Å². The summed E-state index contributed by atoms with van der Waals surface area (Å²) in [5.41, 5.74) is 5.51. The predicted molar refractivity (Wildman–Crippen MR) is 137 cm³/mol. The predicted octanol–water partition coefficient (Wildman–Crippen LogP) is 9.43. The molecule has 148 valence electrons. The molecule has 0 unspecified atom stereocenters. The number of thiophene rings is 1. The molecule has 0 radical (unpaired) electrons. The summed E-state index contributed by atoms with van der Waals surface area (Å²) < 4.78 is 2.79. The summed E-state index contributed by atoms with van der Waals surface area (Å²) in [4.78, 5) is 0. The Hall–Kier alpha value is -2.90. The maximum absolute atomic E-state index is 2.39. The van der Waals surface area contributed by atoms with E-state index in [0.29, 0.717) is 0 Å². The summed E-state index contributed by atoms with van der Waals surface area (Å²) in [6, 6.07) is 22.3. The van der Waals surface area contributed by atoms with Gasteiger partial charge in [0.15, 0.2) is 0 Å². The topological polar surface area (TPSA) is 0 Å². The summed E-state index contributed by atoms with van der Waals surface area (Å²) in [7, 11) is 0. The number of fused-ring (bicyclic) bond motifs is 7. The monoisotopic (exact) mass is 406 g/mol. The van der Waals surface area contributed by atoms with Gasteiger partial charge in [-0.05, 0) is 77.1 Å². The molecular weight excluding hydrogens is 380 g/mol. The normalized spacial score (nSPS) is 13.2. The van der Waals surface area contributed by atoms with Crippen molar-refractivity contribution in [1.29, 1.82) is 0 Å². The van der Waals surface area contributed by atoms with Crippen LogP contribution < -0.4 is 0 Å².